The fourth-order valence-electron chi connectivity index (χ4n) is 3.78. The second-order valence-corrected chi connectivity index (χ2v) is 8.40. The van der Waals surface area contributed by atoms with E-state index in [-0.39, 0.29) is 35.7 Å². The first-order chi connectivity index (χ1) is 14.7. The zero-order chi connectivity index (χ0) is 23.1. The van der Waals surface area contributed by atoms with Gasteiger partial charge in [0, 0.05) is 26.3 Å². The van der Waals surface area contributed by atoms with Gasteiger partial charge in [0.1, 0.15) is 11.2 Å². The molecular weight excluding hydrogens is 422 g/mol. The summed E-state index contributed by atoms with van der Waals surface area (Å²) in [6, 6.07) is 3.03. The van der Waals surface area contributed by atoms with Crippen LogP contribution in [0, 0.1) is 16.0 Å². The van der Waals surface area contributed by atoms with Crippen molar-refractivity contribution >= 4 is 17.6 Å². The summed E-state index contributed by atoms with van der Waals surface area (Å²) in [6.07, 6.45) is 2.24. The molecule has 10 heteroatoms. The van der Waals surface area contributed by atoms with E-state index in [2.05, 4.69) is 4.98 Å². The lowest BCUT2D eigenvalue weighted by Gasteiger charge is -2.41. The third kappa shape index (κ3) is 6.54. The van der Waals surface area contributed by atoms with E-state index >= 15 is 0 Å². The van der Waals surface area contributed by atoms with E-state index in [0.717, 1.165) is 5.56 Å². The van der Waals surface area contributed by atoms with E-state index in [4.69, 9.17) is 16.3 Å². The lowest BCUT2D eigenvalue weighted by atomic mass is 10.0. The Bertz CT molecular complexity index is 799. The van der Waals surface area contributed by atoms with Crippen LogP contribution in [0.5, 0.6) is 0 Å². The lowest BCUT2D eigenvalue weighted by Crippen LogP contribution is -2.54. The van der Waals surface area contributed by atoms with Crippen LogP contribution in [-0.2, 0) is 16.1 Å². The normalized spacial score (nSPS) is 15.9. The number of ether oxygens (including phenoxy) is 1. The summed E-state index contributed by atoms with van der Waals surface area (Å²) in [5.74, 6) is 0.454. The van der Waals surface area contributed by atoms with Crippen LogP contribution in [-0.4, -0.2) is 70.0 Å². The molecule has 0 bridgehead atoms. The second-order valence-electron chi connectivity index (χ2n) is 8.01. The minimum Gasteiger partial charge on any atom is -0.465 e. The maximum Gasteiger partial charge on any atom is 0.323 e. The van der Waals surface area contributed by atoms with Crippen molar-refractivity contribution in [1.29, 1.82) is 0 Å². The van der Waals surface area contributed by atoms with Gasteiger partial charge in [-0.3, -0.25) is 19.8 Å². The molecule has 1 aliphatic rings. The van der Waals surface area contributed by atoms with E-state index in [0.29, 0.717) is 37.2 Å². The summed E-state index contributed by atoms with van der Waals surface area (Å²) in [5, 5.41) is 12.4. The third-order valence-electron chi connectivity index (χ3n) is 5.12. The van der Waals surface area contributed by atoms with Crippen molar-refractivity contribution in [3.05, 3.63) is 50.7 Å². The van der Waals surface area contributed by atoms with Gasteiger partial charge in [-0.2, -0.15) is 0 Å². The number of halogens is 1. The Morgan fingerprint density at radius 2 is 2.10 bits per heavy atom. The Balaban J connectivity index is 2.36. The lowest BCUT2D eigenvalue weighted by molar-refractivity contribution is -0.434. The Labute approximate surface area is 188 Å². The smallest absolute Gasteiger partial charge is 0.323 e. The number of esters is 1. The van der Waals surface area contributed by atoms with Crippen molar-refractivity contribution in [2.24, 2.45) is 5.92 Å². The average Bonchev–Trinajstić information content (AvgIpc) is 2.71. The summed E-state index contributed by atoms with van der Waals surface area (Å²) >= 11 is 5.87. The molecule has 0 saturated heterocycles. The third-order valence-corrected chi connectivity index (χ3v) is 5.35. The zero-order valence-corrected chi connectivity index (χ0v) is 19.6. The molecule has 1 aromatic heterocycles. The summed E-state index contributed by atoms with van der Waals surface area (Å²) in [5.41, 5.74) is 0.970. The number of pyridine rings is 1. The van der Waals surface area contributed by atoms with Crippen molar-refractivity contribution in [2.45, 2.75) is 46.7 Å². The van der Waals surface area contributed by atoms with Gasteiger partial charge >= 0.3 is 5.97 Å². The van der Waals surface area contributed by atoms with Crippen LogP contribution < -0.4 is 0 Å². The highest BCUT2D eigenvalue weighted by atomic mass is 35.5. The van der Waals surface area contributed by atoms with Gasteiger partial charge in [-0.05, 0) is 37.8 Å². The summed E-state index contributed by atoms with van der Waals surface area (Å²) in [6.45, 7) is 9.53. The standard InChI is InChI=1S/C21H32ClN5O4/c1-6-25(12-16-8-9-19(22)23-11-16)20-18(27(29)30)13-26(14-24(20)5)17(10-15(3)4)21(28)31-7-2/h8-9,11,15,17H,6-7,10,12-14H2,1-5H3. The van der Waals surface area contributed by atoms with Gasteiger partial charge in [-0.15, -0.1) is 0 Å². The van der Waals surface area contributed by atoms with Crippen LogP contribution in [0.15, 0.2) is 29.8 Å². The van der Waals surface area contributed by atoms with Crippen molar-refractivity contribution in [1.82, 2.24) is 19.7 Å². The summed E-state index contributed by atoms with van der Waals surface area (Å²) < 4.78 is 5.26. The van der Waals surface area contributed by atoms with E-state index in [1.54, 1.807) is 19.2 Å². The summed E-state index contributed by atoms with van der Waals surface area (Å²) in [7, 11) is 1.81. The van der Waals surface area contributed by atoms with Crippen LogP contribution in [0.1, 0.15) is 39.7 Å². The fourth-order valence-corrected chi connectivity index (χ4v) is 3.89. The van der Waals surface area contributed by atoms with Crippen LogP contribution >= 0.6 is 11.6 Å². The first-order valence-electron chi connectivity index (χ1n) is 10.5. The maximum atomic E-state index is 12.6. The Morgan fingerprint density at radius 1 is 1.39 bits per heavy atom. The quantitative estimate of drug-likeness (QED) is 0.231. The van der Waals surface area contributed by atoms with E-state index in [1.807, 2.05) is 48.6 Å². The Kier molecular flexibility index (Phi) is 9.06. The molecular formula is C21H32ClN5O4. The predicted octanol–water partition coefficient (Wildman–Crippen LogP) is 3.19. The number of carbonyl (C=O) groups excluding carboxylic acids is 1. The minimum atomic E-state index is -0.533. The molecule has 9 nitrogen and oxygen atoms in total. The molecule has 0 N–H and O–H groups in total. The monoisotopic (exact) mass is 453 g/mol. The second kappa shape index (κ2) is 11.3. The minimum absolute atomic E-state index is 0.0653. The predicted molar refractivity (Wildman–Crippen MR) is 119 cm³/mol. The molecule has 0 aliphatic carbocycles. The number of nitro groups is 1. The molecule has 2 heterocycles. The fraction of sp³-hybridized carbons (Fsp3) is 0.619. The molecule has 0 saturated carbocycles. The first kappa shape index (κ1) is 24.9. The SMILES string of the molecule is CCOC(=O)C(CC(C)C)N1CC([N+](=O)[O-])=C(N(CC)Cc2ccc(Cl)nc2)N(C)C1. The zero-order valence-electron chi connectivity index (χ0n) is 18.9. The number of hydrogen-bond acceptors (Lipinski definition) is 8. The molecule has 0 fully saturated rings. The number of aromatic nitrogens is 1. The molecule has 31 heavy (non-hydrogen) atoms. The number of hydrogen-bond donors (Lipinski definition) is 0. The van der Waals surface area contributed by atoms with Crippen LogP contribution in [0.4, 0.5) is 0 Å². The van der Waals surface area contributed by atoms with Gasteiger partial charge in [0.25, 0.3) is 5.70 Å². The highest BCUT2D eigenvalue weighted by Crippen LogP contribution is 2.26. The van der Waals surface area contributed by atoms with Crippen LogP contribution in [0.2, 0.25) is 5.15 Å². The van der Waals surface area contributed by atoms with Gasteiger partial charge in [0.05, 0.1) is 24.7 Å². The molecule has 0 amide bonds. The molecule has 2 rings (SSSR count). The molecule has 1 aliphatic heterocycles. The number of rotatable bonds is 10. The van der Waals surface area contributed by atoms with E-state index in [1.165, 1.54) is 0 Å². The van der Waals surface area contributed by atoms with Gasteiger partial charge in [0.15, 0.2) is 5.82 Å². The molecule has 0 radical (unpaired) electrons. The molecule has 1 aromatic rings. The van der Waals surface area contributed by atoms with Gasteiger partial charge in [-0.1, -0.05) is 31.5 Å². The molecule has 1 atom stereocenters. The van der Waals surface area contributed by atoms with E-state index < -0.39 is 6.04 Å². The largest absolute Gasteiger partial charge is 0.465 e. The average molecular weight is 454 g/mol. The van der Waals surface area contributed by atoms with Gasteiger partial charge in [0.2, 0.25) is 0 Å². The molecule has 1 unspecified atom stereocenters. The van der Waals surface area contributed by atoms with Gasteiger partial charge in [-0.25, -0.2) is 4.98 Å². The number of nitrogens with zero attached hydrogens (tertiary/aromatic N) is 5. The number of carbonyl (C=O) groups is 1. The van der Waals surface area contributed by atoms with Gasteiger partial charge < -0.3 is 14.5 Å². The van der Waals surface area contributed by atoms with Crippen molar-refractivity contribution in [3.8, 4) is 0 Å². The molecule has 0 aromatic carbocycles. The maximum absolute atomic E-state index is 12.6. The van der Waals surface area contributed by atoms with E-state index in [9.17, 15) is 14.9 Å². The van der Waals surface area contributed by atoms with Crippen molar-refractivity contribution < 1.29 is 14.5 Å². The van der Waals surface area contributed by atoms with Crippen molar-refractivity contribution in [3.63, 3.8) is 0 Å². The Morgan fingerprint density at radius 3 is 2.61 bits per heavy atom. The van der Waals surface area contributed by atoms with Crippen LogP contribution in [0.3, 0.4) is 0 Å². The topological polar surface area (TPSA) is 92.0 Å². The summed E-state index contributed by atoms with van der Waals surface area (Å²) in [4.78, 5) is 34.0. The van der Waals surface area contributed by atoms with Crippen molar-refractivity contribution in [2.75, 3.05) is 33.4 Å². The first-order valence-corrected chi connectivity index (χ1v) is 10.9. The molecule has 0 spiro atoms. The molecule has 172 valence electrons. The highest BCUT2D eigenvalue weighted by molar-refractivity contribution is 6.29. The highest BCUT2D eigenvalue weighted by Gasteiger charge is 2.39. The van der Waals surface area contributed by atoms with Crippen LogP contribution in [0.25, 0.3) is 0 Å². The Hall–Kier alpha value is -2.39.